The van der Waals surface area contributed by atoms with E-state index in [0.717, 1.165) is 13.0 Å². The van der Waals surface area contributed by atoms with E-state index >= 15 is 0 Å². The van der Waals surface area contributed by atoms with E-state index in [4.69, 9.17) is 0 Å². The first-order valence-corrected chi connectivity index (χ1v) is 7.85. The van der Waals surface area contributed by atoms with Crippen LogP contribution >= 0.6 is 0 Å². The molecule has 2 amide bonds. The Kier molecular flexibility index (Phi) is 3.48. The summed E-state index contributed by atoms with van der Waals surface area (Å²) in [7, 11) is 0. The molecule has 5 heteroatoms. The molecule has 3 saturated heterocycles. The van der Waals surface area contributed by atoms with E-state index in [9.17, 15) is 9.59 Å². The number of hydrogen-bond acceptors (Lipinski definition) is 3. The number of nitrogens with one attached hydrogen (secondary N) is 1. The van der Waals surface area contributed by atoms with E-state index in [-0.39, 0.29) is 11.8 Å². The number of piperidine rings is 1. The van der Waals surface area contributed by atoms with Crippen LogP contribution in [0.4, 0.5) is 0 Å². The lowest BCUT2D eigenvalue weighted by Gasteiger charge is -2.39. The van der Waals surface area contributed by atoms with Gasteiger partial charge in [-0.3, -0.25) is 14.5 Å². The molecule has 0 aromatic rings. The highest BCUT2D eigenvalue weighted by Crippen LogP contribution is 2.32. The lowest BCUT2D eigenvalue weighted by atomic mass is 9.95. The van der Waals surface area contributed by atoms with Crippen LogP contribution in [0.5, 0.6) is 0 Å². The van der Waals surface area contributed by atoms with Crippen molar-refractivity contribution in [2.24, 2.45) is 0 Å². The molecular formula is C15H25N3O2. The second-order valence-electron chi connectivity index (χ2n) is 6.88. The molecule has 20 heavy (non-hydrogen) atoms. The molecule has 3 fully saturated rings. The maximum Gasteiger partial charge on any atom is 0.248 e. The summed E-state index contributed by atoms with van der Waals surface area (Å²) >= 11 is 0. The van der Waals surface area contributed by atoms with Crippen molar-refractivity contribution in [1.29, 1.82) is 0 Å². The Bertz CT molecular complexity index is 421. The van der Waals surface area contributed by atoms with Crippen LogP contribution in [-0.2, 0) is 9.59 Å². The summed E-state index contributed by atoms with van der Waals surface area (Å²) in [5, 5.41) is 2.85. The molecule has 1 N–H and O–H groups in total. The molecular weight excluding hydrogens is 254 g/mol. The van der Waals surface area contributed by atoms with Gasteiger partial charge in [0.25, 0.3) is 0 Å². The molecule has 3 aliphatic heterocycles. The normalized spacial score (nSPS) is 34.6. The third-order valence-electron chi connectivity index (χ3n) is 5.05. The topological polar surface area (TPSA) is 52.7 Å². The molecule has 2 unspecified atom stereocenters. The van der Waals surface area contributed by atoms with Gasteiger partial charge in [-0.15, -0.1) is 0 Å². The molecule has 3 aliphatic rings. The molecule has 0 saturated carbocycles. The van der Waals surface area contributed by atoms with Crippen molar-refractivity contribution in [1.82, 2.24) is 15.1 Å². The Labute approximate surface area is 120 Å². The smallest absolute Gasteiger partial charge is 0.248 e. The summed E-state index contributed by atoms with van der Waals surface area (Å²) in [6.07, 6.45) is 5.22. The Balaban J connectivity index is 1.81. The fourth-order valence-corrected chi connectivity index (χ4v) is 4.05. The largest absolute Gasteiger partial charge is 0.342 e. The zero-order valence-electron chi connectivity index (χ0n) is 12.5. The molecule has 112 valence electrons. The molecule has 3 heterocycles. The number of fused-ring (bicyclic) bond motifs is 1. The number of amides is 2. The van der Waals surface area contributed by atoms with E-state index in [1.54, 1.807) is 0 Å². The first kappa shape index (κ1) is 13.9. The van der Waals surface area contributed by atoms with Gasteiger partial charge in [-0.1, -0.05) is 6.42 Å². The van der Waals surface area contributed by atoms with Crippen LogP contribution in [0.15, 0.2) is 0 Å². The van der Waals surface area contributed by atoms with Crippen molar-refractivity contribution in [2.75, 3.05) is 19.6 Å². The van der Waals surface area contributed by atoms with Crippen LogP contribution in [0, 0.1) is 0 Å². The van der Waals surface area contributed by atoms with Crippen LogP contribution in [0.1, 0.15) is 46.0 Å². The highest BCUT2D eigenvalue weighted by molar-refractivity contribution is 5.93. The highest BCUT2D eigenvalue weighted by atomic mass is 16.2. The molecule has 0 bridgehead atoms. The van der Waals surface area contributed by atoms with Gasteiger partial charge >= 0.3 is 0 Å². The van der Waals surface area contributed by atoms with E-state index < -0.39 is 5.54 Å². The molecule has 0 aromatic carbocycles. The summed E-state index contributed by atoms with van der Waals surface area (Å²) in [5.74, 6) is 0.0742. The summed E-state index contributed by atoms with van der Waals surface area (Å²) in [6.45, 7) is 6.48. The third kappa shape index (κ3) is 2.32. The summed E-state index contributed by atoms with van der Waals surface area (Å²) in [4.78, 5) is 29.1. The van der Waals surface area contributed by atoms with Crippen LogP contribution in [-0.4, -0.2) is 58.9 Å². The van der Waals surface area contributed by atoms with Crippen molar-refractivity contribution in [3.8, 4) is 0 Å². The van der Waals surface area contributed by atoms with Gasteiger partial charge in [-0.25, -0.2) is 0 Å². The Morgan fingerprint density at radius 3 is 2.65 bits per heavy atom. The van der Waals surface area contributed by atoms with Crippen molar-refractivity contribution < 1.29 is 9.59 Å². The predicted molar refractivity (Wildman–Crippen MR) is 76.2 cm³/mol. The number of carbonyl (C=O) groups excluding carboxylic acids is 2. The summed E-state index contributed by atoms with van der Waals surface area (Å²) < 4.78 is 0. The zero-order chi connectivity index (χ0) is 14.3. The van der Waals surface area contributed by atoms with E-state index in [0.29, 0.717) is 25.0 Å². The van der Waals surface area contributed by atoms with Gasteiger partial charge in [0.15, 0.2) is 0 Å². The van der Waals surface area contributed by atoms with Crippen LogP contribution < -0.4 is 5.32 Å². The standard InChI is InChI=1S/C15H25N3O2/c1-15(2)14(20)18(10-7-13(19)16-15)12-6-9-17-8-4-3-5-11(12)17/h11-12H,3-10H2,1-2H3,(H,16,19). The first-order chi connectivity index (χ1) is 9.49. The predicted octanol–water partition coefficient (Wildman–Crippen LogP) is 0.740. The quantitative estimate of drug-likeness (QED) is 0.770. The van der Waals surface area contributed by atoms with Crippen LogP contribution in [0.2, 0.25) is 0 Å². The van der Waals surface area contributed by atoms with Crippen molar-refractivity contribution in [2.45, 2.75) is 63.6 Å². The fourth-order valence-electron chi connectivity index (χ4n) is 4.05. The minimum Gasteiger partial charge on any atom is -0.342 e. The molecule has 3 rings (SSSR count). The van der Waals surface area contributed by atoms with Crippen molar-refractivity contribution in [3.63, 3.8) is 0 Å². The van der Waals surface area contributed by atoms with Gasteiger partial charge in [0, 0.05) is 31.6 Å². The van der Waals surface area contributed by atoms with Gasteiger partial charge in [-0.2, -0.15) is 0 Å². The number of carbonyl (C=O) groups is 2. The van der Waals surface area contributed by atoms with Crippen LogP contribution in [0.3, 0.4) is 0 Å². The summed E-state index contributed by atoms with van der Waals surface area (Å²) in [6, 6.07) is 0.812. The molecule has 0 radical (unpaired) electrons. The molecule has 0 aliphatic carbocycles. The Hall–Kier alpha value is -1.10. The SMILES string of the molecule is CC1(C)NC(=O)CCN(C2CCN3CCCCC23)C1=O. The van der Waals surface area contributed by atoms with E-state index in [2.05, 4.69) is 10.2 Å². The molecule has 0 aromatic heterocycles. The first-order valence-electron chi connectivity index (χ1n) is 7.85. The van der Waals surface area contributed by atoms with Gasteiger partial charge in [0.05, 0.1) is 0 Å². The van der Waals surface area contributed by atoms with Gasteiger partial charge in [-0.05, 0) is 39.7 Å². The lowest BCUT2D eigenvalue weighted by molar-refractivity contribution is -0.140. The average molecular weight is 279 g/mol. The van der Waals surface area contributed by atoms with Gasteiger partial charge < -0.3 is 10.2 Å². The Morgan fingerprint density at radius 2 is 1.85 bits per heavy atom. The van der Waals surface area contributed by atoms with E-state index in [1.807, 2.05) is 18.7 Å². The lowest BCUT2D eigenvalue weighted by Crippen LogP contribution is -2.57. The minimum absolute atomic E-state index is 0.00986. The zero-order valence-corrected chi connectivity index (χ0v) is 12.5. The fraction of sp³-hybridized carbons (Fsp3) is 0.867. The maximum absolute atomic E-state index is 12.8. The number of rotatable bonds is 1. The second kappa shape index (κ2) is 5.02. The van der Waals surface area contributed by atoms with Crippen molar-refractivity contribution in [3.05, 3.63) is 0 Å². The molecule has 5 nitrogen and oxygen atoms in total. The average Bonchev–Trinajstić information content (AvgIpc) is 2.78. The Morgan fingerprint density at radius 1 is 1.05 bits per heavy atom. The maximum atomic E-state index is 12.8. The van der Waals surface area contributed by atoms with Gasteiger partial charge in [0.1, 0.15) is 5.54 Å². The van der Waals surface area contributed by atoms with Gasteiger partial charge in [0.2, 0.25) is 11.8 Å². The van der Waals surface area contributed by atoms with Crippen LogP contribution in [0.25, 0.3) is 0 Å². The van der Waals surface area contributed by atoms with Crippen molar-refractivity contribution >= 4 is 11.8 Å². The number of nitrogens with zero attached hydrogens (tertiary/aromatic N) is 2. The van der Waals surface area contributed by atoms with E-state index in [1.165, 1.54) is 25.8 Å². The highest BCUT2D eigenvalue weighted by Gasteiger charge is 2.45. The summed E-state index contributed by atoms with van der Waals surface area (Å²) in [5.41, 5.74) is -0.768. The molecule has 0 spiro atoms. The third-order valence-corrected chi connectivity index (χ3v) is 5.05. The minimum atomic E-state index is -0.768. The number of hydrogen-bond donors (Lipinski definition) is 1. The monoisotopic (exact) mass is 279 g/mol. The second-order valence-corrected chi connectivity index (χ2v) is 6.88. The molecule has 2 atom stereocenters.